The molecule has 3 aromatic carbocycles. The van der Waals surface area contributed by atoms with Crippen molar-refractivity contribution < 1.29 is 28.3 Å². The molecule has 10 rings (SSSR count). The van der Waals surface area contributed by atoms with Crippen LogP contribution < -0.4 is 20.7 Å². The summed E-state index contributed by atoms with van der Waals surface area (Å²) in [7, 11) is 0. The summed E-state index contributed by atoms with van der Waals surface area (Å²) in [5.74, 6) is 0.846. The predicted molar refractivity (Wildman–Crippen MR) is 211 cm³/mol. The van der Waals surface area contributed by atoms with Gasteiger partial charge in [-0.15, -0.1) is 0 Å². The van der Waals surface area contributed by atoms with Gasteiger partial charge in [-0.1, -0.05) is 67.9 Å². The molecule has 3 aromatic heterocycles. The number of aliphatic hydroxyl groups is 1. The van der Waals surface area contributed by atoms with Crippen LogP contribution in [0.3, 0.4) is 0 Å². The average molecular weight is 869 g/mol. The van der Waals surface area contributed by atoms with Gasteiger partial charge in [-0.2, -0.15) is 0 Å². The van der Waals surface area contributed by atoms with E-state index in [0.717, 1.165) is 54.4 Å². The number of aromatic amines is 1. The van der Waals surface area contributed by atoms with Crippen LogP contribution in [-0.2, 0) is 21.4 Å². The largest absolute Gasteiger partial charge is 0.469 e. The van der Waals surface area contributed by atoms with E-state index in [2.05, 4.69) is 71.0 Å². The summed E-state index contributed by atoms with van der Waals surface area (Å²) in [6, 6.07) is 14.4. The van der Waals surface area contributed by atoms with Gasteiger partial charge in [-0.3, -0.25) is 9.59 Å². The number of carbonyl (C=O) groups excluding carboxylic acids is 2. The molecule has 0 radical (unpaired) electrons. The number of hydrogen-bond donors (Lipinski definition) is 5. The molecule has 0 aliphatic carbocycles. The third-order valence-electron chi connectivity index (χ3n) is 11.8. The van der Waals surface area contributed by atoms with E-state index in [9.17, 15) is 14.7 Å². The van der Waals surface area contributed by atoms with Crippen LogP contribution in [0.2, 0.25) is 0 Å². The third-order valence-corrected chi connectivity index (χ3v) is 12.8. The molecule has 1 spiro atoms. The van der Waals surface area contributed by atoms with Gasteiger partial charge in [-0.05, 0) is 70.1 Å². The summed E-state index contributed by atoms with van der Waals surface area (Å²) >= 11 is 7.59. The summed E-state index contributed by atoms with van der Waals surface area (Å²) in [4.78, 5) is 41.4. The van der Waals surface area contributed by atoms with E-state index in [1.165, 1.54) is 0 Å². The number of benzene rings is 3. The second kappa shape index (κ2) is 12.0. The summed E-state index contributed by atoms with van der Waals surface area (Å²) in [5, 5.41) is 21.9. The molecule has 0 saturated heterocycles. The number of H-pyrrole nitrogens is 1. The van der Waals surface area contributed by atoms with E-state index in [1.54, 1.807) is 13.8 Å². The van der Waals surface area contributed by atoms with Crippen molar-refractivity contribution >= 4 is 60.3 Å². The second-order valence-corrected chi connectivity index (χ2v) is 16.8. The summed E-state index contributed by atoms with van der Waals surface area (Å²) < 4.78 is 22.0. The first kappa shape index (κ1) is 34.6. The Hall–Kier alpha value is -4.92. The van der Waals surface area contributed by atoms with Gasteiger partial charge in [0.05, 0.1) is 0 Å². The Kier molecular flexibility index (Phi) is 7.56. The lowest BCUT2D eigenvalue weighted by molar-refractivity contribution is -0.143. The lowest BCUT2D eigenvalue weighted by Gasteiger charge is -2.30. The number of hydrogen-bond acceptors (Lipinski definition) is 9. The van der Waals surface area contributed by atoms with Gasteiger partial charge in [0.1, 0.15) is 28.8 Å². The molecule has 10 bridgehead atoms. The molecule has 0 saturated carbocycles. The molecule has 2 amide bonds. The smallest absolute Gasteiger partial charge is 0.252 e. The number of nitrogens with zero attached hydrogens (tertiary/aromatic N) is 2. The van der Waals surface area contributed by atoms with Crippen molar-refractivity contribution in [2.24, 2.45) is 5.92 Å². The molecule has 280 valence electrons. The van der Waals surface area contributed by atoms with Gasteiger partial charge in [0.25, 0.3) is 11.8 Å². The zero-order chi connectivity index (χ0) is 38.1. The van der Waals surface area contributed by atoms with Crippen LogP contribution in [0, 0.1) is 5.92 Å². The van der Waals surface area contributed by atoms with E-state index < -0.39 is 41.1 Å². The minimum Gasteiger partial charge on any atom is -0.469 e. The first-order chi connectivity index (χ1) is 26.4. The maximum absolute atomic E-state index is 14.3. The molecule has 14 heteroatoms. The van der Waals surface area contributed by atoms with Crippen molar-refractivity contribution in [3.63, 3.8) is 0 Å². The van der Waals surface area contributed by atoms with Crippen LogP contribution in [0.1, 0.15) is 74.9 Å². The highest BCUT2D eigenvalue weighted by molar-refractivity contribution is 9.10. The number of aromatic nitrogens is 3. The molecule has 4 aliphatic rings. The number of anilines is 1. The van der Waals surface area contributed by atoms with Crippen molar-refractivity contribution in [1.29, 1.82) is 0 Å². The van der Waals surface area contributed by atoms with Crippen LogP contribution in [0.5, 0.6) is 5.75 Å². The Morgan fingerprint density at radius 3 is 2.64 bits per heavy atom. The van der Waals surface area contributed by atoms with Crippen LogP contribution in [0.4, 0.5) is 5.69 Å². The van der Waals surface area contributed by atoms with Gasteiger partial charge < -0.3 is 39.6 Å². The quantitative estimate of drug-likeness (QED) is 0.116. The van der Waals surface area contributed by atoms with E-state index in [-0.39, 0.29) is 37.0 Å². The van der Waals surface area contributed by atoms with Gasteiger partial charge in [0.15, 0.2) is 28.0 Å². The Balaban J connectivity index is 1.30. The molecule has 4 aliphatic heterocycles. The molecule has 55 heavy (non-hydrogen) atoms. The number of oxazole rings is 2. The van der Waals surface area contributed by atoms with Crippen molar-refractivity contribution in [1.82, 2.24) is 25.6 Å². The highest BCUT2D eigenvalue weighted by atomic mass is 79.9. The van der Waals surface area contributed by atoms with Crippen molar-refractivity contribution in [3.8, 4) is 39.8 Å². The molecule has 0 fully saturated rings. The molecule has 4 atom stereocenters. The highest BCUT2D eigenvalue weighted by Gasteiger charge is 2.62. The Labute approximate surface area is 332 Å². The summed E-state index contributed by atoms with van der Waals surface area (Å²) in [5.41, 5.74) is 4.62. The lowest BCUT2D eigenvalue weighted by atomic mass is 9.72. The second-order valence-electron chi connectivity index (χ2n) is 15.2. The Bertz CT molecular complexity index is 2620. The van der Waals surface area contributed by atoms with Crippen LogP contribution in [-0.4, -0.2) is 49.7 Å². The number of amides is 2. The molecule has 1 unspecified atom stereocenters. The van der Waals surface area contributed by atoms with Gasteiger partial charge in [-0.25, -0.2) is 9.97 Å². The standard InChI is InChI=1S/C41H36Br2N6O6/c1-5-40(52,6-2)38(51)45-26-13-18-10-11-27-23(12-18)41-24-15-19(42)14-21(30(24)48-39(41)53-27)20-8-7-9-25-28(20)22(16-44-25)32-34(43)49-37(54-32)31-33(41)55-36(47-31)29(17(3)4)46-35(26)50/h7-12,14-17,26,29,39,44,48,52H,5-6,13H2,1-4H3,(H,45,51)(H,46,50)/t26-,29-,39?,41+/m0/s1. The number of nitrogens with one attached hydrogen (secondary N) is 4. The van der Waals surface area contributed by atoms with Crippen molar-refractivity contribution in [3.05, 3.63) is 92.1 Å². The van der Waals surface area contributed by atoms with Gasteiger partial charge in [0.2, 0.25) is 11.8 Å². The van der Waals surface area contributed by atoms with Gasteiger partial charge in [0, 0.05) is 55.9 Å². The molecule has 12 nitrogen and oxygen atoms in total. The number of carbonyl (C=O) groups is 2. The molecular formula is C41H36Br2N6O6. The van der Waals surface area contributed by atoms with E-state index in [0.29, 0.717) is 27.6 Å². The number of ether oxygens (including phenoxy) is 1. The SMILES string of the molecule is CCC(O)(CC)C(=O)N[C@H]1Cc2ccc3c(c2)[C@]24c5cc(Br)cc(c5NC2O3)-c2cccc3[nH]cc(c23)-c2oc(nc2Br)-c2nc(oc24)[C@H](C(C)C)NC1=O. The van der Waals surface area contributed by atoms with Crippen molar-refractivity contribution in [2.75, 3.05) is 5.32 Å². The Morgan fingerprint density at radius 1 is 1.04 bits per heavy atom. The maximum atomic E-state index is 14.3. The predicted octanol–water partition coefficient (Wildman–Crippen LogP) is 7.87. The zero-order valence-corrected chi connectivity index (χ0v) is 33.4. The maximum Gasteiger partial charge on any atom is 0.252 e. The summed E-state index contributed by atoms with van der Waals surface area (Å²) in [6.45, 7) is 7.43. The first-order valence-corrected chi connectivity index (χ1v) is 20.1. The summed E-state index contributed by atoms with van der Waals surface area (Å²) in [6.07, 6.45) is 1.78. The number of fused-ring (bicyclic) bond motifs is 7. The average Bonchev–Trinajstić information content (AvgIpc) is 3.99. The zero-order valence-electron chi connectivity index (χ0n) is 30.3. The minimum absolute atomic E-state index is 0.150. The van der Waals surface area contributed by atoms with E-state index >= 15 is 0 Å². The topological polar surface area (TPSA) is 168 Å². The minimum atomic E-state index is -1.63. The van der Waals surface area contributed by atoms with Gasteiger partial charge >= 0.3 is 0 Å². The normalized spacial score (nSPS) is 21.7. The van der Waals surface area contributed by atoms with Crippen molar-refractivity contribution in [2.45, 2.75) is 76.3 Å². The number of halogens is 2. The third kappa shape index (κ3) is 4.77. The fourth-order valence-electron chi connectivity index (χ4n) is 8.79. The fraction of sp³-hybridized carbons (Fsp3) is 0.317. The van der Waals surface area contributed by atoms with Crippen LogP contribution >= 0.6 is 31.9 Å². The lowest BCUT2D eigenvalue weighted by Crippen LogP contribution is -2.55. The molecule has 6 aromatic rings. The number of rotatable bonds is 5. The fourth-order valence-corrected chi connectivity index (χ4v) is 9.70. The Morgan fingerprint density at radius 2 is 1.85 bits per heavy atom. The van der Waals surface area contributed by atoms with Crippen LogP contribution in [0.25, 0.3) is 44.9 Å². The highest BCUT2D eigenvalue weighted by Crippen LogP contribution is 2.62. The molecular weight excluding hydrogens is 832 g/mol. The van der Waals surface area contributed by atoms with Crippen LogP contribution in [0.15, 0.2) is 72.6 Å². The molecule has 7 heterocycles. The van der Waals surface area contributed by atoms with E-state index in [1.807, 2.05) is 50.4 Å². The van der Waals surface area contributed by atoms with E-state index in [4.69, 9.17) is 23.5 Å². The monoisotopic (exact) mass is 866 g/mol. The first-order valence-electron chi connectivity index (χ1n) is 18.5. The molecule has 5 N–H and O–H groups in total.